The minimum atomic E-state index is -0.393. The highest BCUT2D eigenvalue weighted by Crippen LogP contribution is 2.24. The van der Waals surface area contributed by atoms with Crippen LogP contribution in [0.1, 0.15) is 25.0 Å². The maximum Gasteiger partial charge on any atom is 0.262 e. The third-order valence-electron chi connectivity index (χ3n) is 4.45. The van der Waals surface area contributed by atoms with Crippen molar-refractivity contribution in [2.45, 2.75) is 44.6 Å². The molecule has 0 aliphatic heterocycles. The number of benzene rings is 2. The molecule has 0 saturated heterocycles. The molecule has 6 heteroatoms. The van der Waals surface area contributed by atoms with Crippen LogP contribution in [-0.2, 0) is 11.3 Å². The average molecular weight is 382 g/mol. The van der Waals surface area contributed by atoms with E-state index in [1.54, 1.807) is 10.6 Å². The van der Waals surface area contributed by atoms with Crippen LogP contribution in [0.5, 0.6) is 0 Å². The molecule has 140 valence electrons. The molecule has 1 heterocycles. The van der Waals surface area contributed by atoms with Gasteiger partial charge in [0.05, 0.1) is 16.2 Å². The molecule has 0 fully saturated rings. The van der Waals surface area contributed by atoms with Crippen LogP contribution in [0.3, 0.4) is 0 Å². The molecule has 27 heavy (non-hydrogen) atoms. The molecular formula is C21H23N3O2S. The Balaban J connectivity index is 1.87. The quantitative estimate of drug-likeness (QED) is 0.533. The highest BCUT2D eigenvalue weighted by molar-refractivity contribution is 8.00. The Labute approximate surface area is 162 Å². The Morgan fingerprint density at radius 1 is 1.22 bits per heavy atom. The fourth-order valence-corrected chi connectivity index (χ4v) is 3.81. The standard InChI is InChI=1S/C21H23N3O2S/c1-5-24-20(26)16-8-6-7-9-17(16)23-21(24)27-15(4)19(25)22-18-12-13(2)10-11-14(18)3/h6-12,15H,5H2,1-4H3,(H,22,25)/t15-/m0/s1. The predicted octanol–water partition coefficient (Wildman–Crippen LogP) is 4.15. The fourth-order valence-electron chi connectivity index (χ4n) is 2.83. The first-order valence-electron chi connectivity index (χ1n) is 8.95. The lowest BCUT2D eigenvalue weighted by atomic mass is 10.1. The van der Waals surface area contributed by atoms with E-state index in [0.29, 0.717) is 22.6 Å². The van der Waals surface area contributed by atoms with Gasteiger partial charge >= 0.3 is 0 Å². The molecule has 5 nitrogen and oxygen atoms in total. The molecule has 1 amide bonds. The van der Waals surface area contributed by atoms with Crippen LogP contribution < -0.4 is 10.9 Å². The van der Waals surface area contributed by atoms with E-state index in [1.165, 1.54) is 11.8 Å². The highest BCUT2D eigenvalue weighted by atomic mass is 32.2. The van der Waals surface area contributed by atoms with Gasteiger partial charge in [0.25, 0.3) is 5.56 Å². The summed E-state index contributed by atoms with van der Waals surface area (Å²) in [6.07, 6.45) is 0. The minimum absolute atomic E-state index is 0.0762. The predicted molar refractivity (Wildman–Crippen MR) is 112 cm³/mol. The fraction of sp³-hybridized carbons (Fsp3) is 0.286. The number of amides is 1. The summed E-state index contributed by atoms with van der Waals surface area (Å²) in [6.45, 7) is 8.19. The Kier molecular flexibility index (Phi) is 5.65. The third-order valence-corrected chi connectivity index (χ3v) is 5.54. The van der Waals surface area contributed by atoms with Gasteiger partial charge in [-0.2, -0.15) is 0 Å². The van der Waals surface area contributed by atoms with Gasteiger partial charge in [-0.3, -0.25) is 14.2 Å². The maximum atomic E-state index is 12.7. The lowest BCUT2D eigenvalue weighted by molar-refractivity contribution is -0.115. The summed E-state index contributed by atoms with van der Waals surface area (Å²) in [6, 6.07) is 13.3. The van der Waals surface area contributed by atoms with E-state index in [2.05, 4.69) is 10.3 Å². The number of aromatic nitrogens is 2. The number of carbonyl (C=O) groups excluding carboxylic acids is 1. The number of carbonyl (C=O) groups is 1. The van der Waals surface area contributed by atoms with Crippen molar-refractivity contribution in [3.63, 3.8) is 0 Å². The SMILES string of the molecule is CCn1c(S[C@@H](C)C(=O)Nc2cc(C)ccc2C)nc2ccccc2c1=O. The van der Waals surface area contributed by atoms with Gasteiger partial charge in [-0.15, -0.1) is 0 Å². The number of rotatable bonds is 5. The van der Waals surface area contributed by atoms with Gasteiger partial charge in [0, 0.05) is 12.2 Å². The third kappa shape index (κ3) is 4.06. The number of fused-ring (bicyclic) bond motifs is 1. The zero-order chi connectivity index (χ0) is 19.6. The maximum absolute atomic E-state index is 12.7. The van der Waals surface area contributed by atoms with Crippen LogP contribution in [0.25, 0.3) is 10.9 Å². The Morgan fingerprint density at radius 3 is 2.70 bits per heavy atom. The van der Waals surface area contributed by atoms with Gasteiger partial charge in [-0.25, -0.2) is 4.98 Å². The van der Waals surface area contributed by atoms with Crippen molar-refractivity contribution >= 4 is 34.3 Å². The summed E-state index contributed by atoms with van der Waals surface area (Å²) in [5.74, 6) is -0.112. The number of para-hydroxylation sites is 1. The Hall–Kier alpha value is -2.60. The first kappa shape index (κ1) is 19.2. The van der Waals surface area contributed by atoms with E-state index < -0.39 is 5.25 Å². The number of thioether (sulfide) groups is 1. The van der Waals surface area contributed by atoms with E-state index in [-0.39, 0.29) is 11.5 Å². The smallest absolute Gasteiger partial charge is 0.262 e. The molecule has 0 aliphatic carbocycles. The van der Waals surface area contributed by atoms with E-state index in [0.717, 1.165) is 16.8 Å². The van der Waals surface area contributed by atoms with Crippen molar-refractivity contribution in [2.75, 3.05) is 5.32 Å². The van der Waals surface area contributed by atoms with Gasteiger partial charge in [0.2, 0.25) is 5.91 Å². The summed E-state index contributed by atoms with van der Waals surface area (Å²) in [7, 11) is 0. The zero-order valence-corrected chi connectivity index (χ0v) is 16.8. The van der Waals surface area contributed by atoms with Crippen LogP contribution in [-0.4, -0.2) is 20.7 Å². The molecule has 0 radical (unpaired) electrons. The molecule has 1 N–H and O–H groups in total. The molecule has 3 rings (SSSR count). The second kappa shape index (κ2) is 7.96. The molecule has 1 atom stereocenters. The number of anilines is 1. The normalized spacial score (nSPS) is 12.1. The second-order valence-corrected chi connectivity index (χ2v) is 7.84. The van der Waals surface area contributed by atoms with Crippen LogP contribution >= 0.6 is 11.8 Å². The molecule has 0 unspecified atom stereocenters. The Morgan fingerprint density at radius 2 is 1.96 bits per heavy atom. The van der Waals surface area contributed by atoms with E-state index in [4.69, 9.17) is 0 Å². The lowest BCUT2D eigenvalue weighted by Crippen LogP contribution is -2.26. The van der Waals surface area contributed by atoms with Gasteiger partial charge in [0.15, 0.2) is 5.16 Å². The van der Waals surface area contributed by atoms with Crippen LogP contribution in [0.2, 0.25) is 0 Å². The van der Waals surface area contributed by atoms with Gasteiger partial charge in [-0.05, 0) is 57.0 Å². The Bertz CT molecular complexity index is 1060. The molecule has 0 spiro atoms. The summed E-state index contributed by atoms with van der Waals surface area (Å²) in [5.41, 5.74) is 3.49. The first-order valence-corrected chi connectivity index (χ1v) is 9.83. The summed E-state index contributed by atoms with van der Waals surface area (Å²) in [5, 5.41) is 3.75. The van der Waals surface area contributed by atoms with Gasteiger partial charge in [0.1, 0.15) is 0 Å². The molecule has 1 aromatic heterocycles. The summed E-state index contributed by atoms with van der Waals surface area (Å²) >= 11 is 1.30. The van der Waals surface area contributed by atoms with Crippen LogP contribution in [0.15, 0.2) is 52.4 Å². The monoisotopic (exact) mass is 381 g/mol. The number of nitrogens with one attached hydrogen (secondary N) is 1. The van der Waals surface area contributed by atoms with Gasteiger partial charge in [-0.1, -0.05) is 36.0 Å². The summed E-state index contributed by atoms with van der Waals surface area (Å²) < 4.78 is 1.62. The number of hydrogen-bond acceptors (Lipinski definition) is 4. The minimum Gasteiger partial charge on any atom is -0.325 e. The number of hydrogen-bond donors (Lipinski definition) is 1. The van der Waals surface area contributed by atoms with E-state index in [9.17, 15) is 9.59 Å². The summed E-state index contributed by atoms with van der Waals surface area (Å²) in [4.78, 5) is 30.0. The molecule has 0 bridgehead atoms. The van der Waals surface area contributed by atoms with Crippen molar-refractivity contribution < 1.29 is 4.79 Å². The molecule has 0 saturated carbocycles. The van der Waals surface area contributed by atoms with Crippen LogP contribution in [0, 0.1) is 13.8 Å². The molecule has 2 aromatic carbocycles. The average Bonchev–Trinajstić information content (AvgIpc) is 2.65. The number of nitrogens with zero attached hydrogens (tertiary/aromatic N) is 2. The van der Waals surface area contributed by atoms with Crippen molar-refractivity contribution in [3.8, 4) is 0 Å². The van der Waals surface area contributed by atoms with Crippen molar-refractivity contribution in [2.24, 2.45) is 0 Å². The molecule has 3 aromatic rings. The van der Waals surface area contributed by atoms with Crippen LogP contribution in [0.4, 0.5) is 5.69 Å². The highest BCUT2D eigenvalue weighted by Gasteiger charge is 2.19. The van der Waals surface area contributed by atoms with Gasteiger partial charge < -0.3 is 5.32 Å². The molecule has 0 aliphatic rings. The van der Waals surface area contributed by atoms with Crippen molar-refractivity contribution in [1.82, 2.24) is 9.55 Å². The topological polar surface area (TPSA) is 64.0 Å². The lowest BCUT2D eigenvalue weighted by Gasteiger charge is -2.16. The zero-order valence-electron chi connectivity index (χ0n) is 15.9. The van der Waals surface area contributed by atoms with Crippen molar-refractivity contribution in [1.29, 1.82) is 0 Å². The van der Waals surface area contributed by atoms with Crippen molar-refractivity contribution in [3.05, 3.63) is 63.9 Å². The second-order valence-electron chi connectivity index (χ2n) is 6.53. The first-order chi connectivity index (χ1) is 12.9. The largest absolute Gasteiger partial charge is 0.325 e. The van der Waals surface area contributed by atoms with E-state index in [1.807, 2.05) is 64.1 Å². The number of aryl methyl sites for hydroxylation is 2. The molecular weight excluding hydrogens is 358 g/mol. The van der Waals surface area contributed by atoms with E-state index >= 15 is 0 Å².